The fraction of sp³-hybridized carbons (Fsp3) is 0.0500. The third-order valence-electron chi connectivity index (χ3n) is 3.99. The maximum atomic E-state index is 14.1. The van der Waals surface area contributed by atoms with E-state index in [0.29, 0.717) is 22.9 Å². The Bertz CT molecular complexity index is 1150. The molecule has 0 aliphatic rings. The van der Waals surface area contributed by atoms with Crippen LogP contribution in [0.25, 0.3) is 11.1 Å². The van der Waals surface area contributed by atoms with Gasteiger partial charge >= 0.3 is 0 Å². The molecule has 3 N–H and O–H groups in total. The molecule has 0 radical (unpaired) electrons. The first kappa shape index (κ1) is 20.3. The molecule has 3 aromatic rings. The number of anilines is 2. The van der Waals surface area contributed by atoms with Crippen LogP contribution in [0.15, 0.2) is 65.4 Å². The molecular weight excluding hydrogens is 400 g/mol. The van der Waals surface area contributed by atoms with Crippen molar-refractivity contribution >= 4 is 22.4 Å². The quantitative estimate of drug-likeness (QED) is 0.636. The lowest BCUT2D eigenvalue weighted by atomic mass is 10.1. The predicted molar refractivity (Wildman–Crippen MR) is 110 cm³/mol. The van der Waals surface area contributed by atoms with E-state index in [2.05, 4.69) is 11.3 Å². The minimum Gasteiger partial charge on any atom is -0.454 e. The Hall–Kier alpha value is -3.46. The van der Waals surface area contributed by atoms with Crippen LogP contribution < -0.4 is 20.8 Å². The van der Waals surface area contributed by atoms with Crippen molar-refractivity contribution in [2.75, 3.05) is 10.5 Å². The highest BCUT2D eigenvalue weighted by Crippen LogP contribution is 2.36. The topological polar surface area (TPSA) is 86.3 Å². The number of nitrogen functional groups attached to an aromatic ring is 1. The van der Waals surface area contributed by atoms with E-state index in [1.807, 2.05) is 0 Å². The molecule has 0 amide bonds. The summed E-state index contributed by atoms with van der Waals surface area (Å²) in [4.78, 5) is 11.9. The normalized spacial score (nSPS) is 11.7. The van der Waals surface area contributed by atoms with Crippen LogP contribution in [0.4, 0.5) is 20.2 Å². The molecular formula is C20H17F2N3O3S. The summed E-state index contributed by atoms with van der Waals surface area (Å²) in [5.41, 5.74) is 6.85. The summed E-state index contributed by atoms with van der Waals surface area (Å²) in [5, 5.41) is 1.22. The number of halogens is 2. The number of hydrogen-bond acceptors (Lipinski definition) is 4. The van der Waals surface area contributed by atoms with Gasteiger partial charge in [0.1, 0.15) is 22.6 Å². The summed E-state index contributed by atoms with van der Waals surface area (Å²) < 4.78 is 48.6. The molecule has 1 unspecified atom stereocenters. The molecule has 0 aliphatic carbocycles. The number of aryl methyl sites for hydroxylation is 1. The van der Waals surface area contributed by atoms with Gasteiger partial charge in [0, 0.05) is 41.5 Å². The summed E-state index contributed by atoms with van der Waals surface area (Å²) in [7, 11) is 0.0245. The molecule has 0 fully saturated rings. The van der Waals surface area contributed by atoms with E-state index >= 15 is 0 Å². The van der Waals surface area contributed by atoms with Crippen LogP contribution in [-0.2, 0) is 18.0 Å². The van der Waals surface area contributed by atoms with Gasteiger partial charge in [-0.2, -0.15) is 0 Å². The molecule has 0 spiro atoms. The lowest BCUT2D eigenvalue weighted by molar-refractivity contribution is 0.439. The SMILES string of the molecule is C=CS(=O)Nc1ccc(Oc2ccc(F)cc2F)c(-c2cc(N)c(=O)n(C)c2)c1. The molecule has 1 heterocycles. The number of hydrogen-bond donors (Lipinski definition) is 2. The standard InChI is InChI=1S/C20H17F2N3O3S/c1-3-29(27)24-14-5-7-18(28-19-6-4-13(21)9-16(19)22)15(10-14)12-8-17(23)20(26)25(2)11-12/h3-11,24H,1,23H2,2H3. The van der Waals surface area contributed by atoms with E-state index in [0.717, 1.165) is 6.07 Å². The van der Waals surface area contributed by atoms with E-state index in [1.165, 1.54) is 41.4 Å². The third kappa shape index (κ3) is 4.52. The highest BCUT2D eigenvalue weighted by atomic mass is 32.2. The summed E-state index contributed by atoms with van der Waals surface area (Å²) in [6.07, 6.45) is 1.54. The molecule has 3 rings (SSSR count). The zero-order valence-electron chi connectivity index (χ0n) is 15.3. The molecule has 6 nitrogen and oxygen atoms in total. The average molecular weight is 417 g/mol. The van der Waals surface area contributed by atoms with Gasteiger partial charge in [0.05, 0.1) is 5.69 Å². The molecule has 1 atom stereocenters. The van der Waals surface area contributed by atoms with E-state index in [-0.39, 0.29) is 22.7 Å². The first-order valence-electron chi connectivity index (χ1n) is 8.31. The van der Waals surface area contributed by atoms with Crippen LogP contribution in [0.3, 0.4) is 0 Å². The van der Waals surface area contributed by atoms with Gasteiger partial charge in [-0.1, -0.05) is 6.58 Å². The Morgan fingerprint density at radius 2 is 1.90 bits per heavy atom. The molecule has 29 heavy (non-hydrogen) atoms. The largest absolute Gasteiger partial charge is 0.454 e. The van der Waals surface area contributed by atoms with Crippen LogP contribution >= 0.6 is 0 Å². The molecule has 0 aliphatic heterocycles. The number of nitrogens with one attached hydrogen (secondary N) is 1. The Balaban J connectivity index is 2.13. The summed E-state index contributed by atoms with van der Waals surface area (Å²) in [6.45, 7) is 3.45. The van der Waals surface area contributed by atoms with E-state index in [1.54, 1.807) is 12.1 Å². The molecule has 1 aromatic heterocycles. The molecule has 2 aromatic carbocycles. The number of nitrogens with zero attached hydrogens (tertiary/aromatic N) is 1. The van der Waals surface area contributed by atoms with Crippen molar-refractivity contribution in [3.8, 4) is 22.6 Å². The summed E-state index contributed by atoms with van der Waals surface area (Å²) in [6, 6.07) is 9.13. The van der Waals surface area contributed by atoms with Gasteiger partial charge < -0.3 is 19.8 Å². The molecule has 0 bridgehead atoms. The zero-order chi connectivity index (χ0) is 21.1. The number of rotatable bonds is 6. The van der Waals surface area contributed by atoms with Gasteiger partial charge in [-0.05, 0) is 36.4 Å². The number of nitrogens with two attached hydrogens (primary N) is 1. The van der Waals surface area contributed by atoms with Crippen LogP contribution in [0.2, 0.25) is 0 Å². The fourth-order valence-corrected chi connectivity index (χ4v) is 3.07. The molecule has 150 valence electrons. The Kier molecular flexibility index (Phi) is 5.79. The second-order valence-corrected chi connectivity index (χ2v) is 7.19. The molecule has 0 saturated carbocycles. The van der Waals surface area contributed by atoms with Gasteiger partial charge in [-0.15, -0.1) is 0 Å². The molecule has 9 heteroatoms. The van der Waals surface area contributed by atoms with Crippen molar-refractivity contribution in [1.29, 1.82) is 0 Å². The Morgan fingerprint density at radius 3 is 2.55 bits per heavy atom. The summed E-state index contributed by atoms with van der Waals surface area (Å²) >= 11 is 0. The van der Waals surface area contributed by atoms with Crippen LogP contribution in [-0.4, -0.2) is 8.78 Å². The highest BCUT2D eigenvalue weighted by Gasteiger charge is 2.14. The van der Waals surface area contributed by atoms with Gasteiger partial charge in [-0.3, -0.25) is 4.79 Å². The van der Waals surface area contributed by atoms with E-state index in [4.69, 9.17) is 10.5 Å². The predicted octanol–water partition coefficient (Wildman–Crippen LogP) is 3.92. The first-order valence-corrected chi connectivity index (χ1v) is 9.53. The minimum absolute atomic E-state index is 0.0111. The lowest BCUT2D eigenvalue weighted by Gasteiger charge is -2.15. The van der Waals surface area contributed by atoms with Gasteiger partial charge in [-0.25, -0.2) is 13.0 Å². The highest BCUT2D eigenvalue weighted by molar-refractivity contribution is 7.89. The van der Waals surface area contributed by atoms with Crippen molar-refractivity contribution in [2.24, 2.45) is 7.05 Å². The average Bonchev–Trinajstić information content (AvgIpc) is 2.68. The fourth-order valence-electron chi connectivity index (χ4n) is 2.63. The van der Waals surface area contributed by atoms with Crippen molar-refractivity contribution in [3.63, 3.8) is 0 Å². The first-order chi connectivity index (χ1) is 13.8. The Morgan fingerprint density at radius 1 is 1.17 bits per heavy atom. The number of aromatic nitrogens is 1. The van der Waals surface area contributed by atoms with Gasteiger partial charge in [0.15, 0.2) is 11.6 Å². The van der Waals surface area contributed by atoms with E-state index < -0.39 is 22.6 Å². The zero-order valence-corrected chi connectivity index (χ0v) is 16.1. The van der Waals surface area contributed by atoms with E-state index in [9.17, 15) is 17.8 Å². The second kappa shape index (κ2) is 8.27. The maximum absolute atomic E-state index is 14.1. The monoisotopic (exact) mass is 417 g/mol. The van der Waals surface area contributed by atoms with Crippen LogP contribution in [0.1, 0.15) is 0 Å². The summed E-state index contributed by atoms with van der Waals surface area (Å²) in [5.74, 6) is -1.55. The van der Waals surface area contributed by atoms with Gasteiger partial charge in [0.25, 0.3) is 5.56 Å². The lowest BCUT2D eigenvalue weighted by Crippen LogP contribution is -2.19. The number of benzene rings is 2. The van der Waals surface area contributed by atoms with Crippen LogP contribution in [0.5, 0.6) is 11.5 Å². The van der Waals surface area contributed by atoms with Crippen molar-refractivity contribution in [1.82, 2.24) is 4.57 Å². The third-order valence-corrected chi connectivity index (χ3v) is 4.72. The molecule has 0 saturated heterocycles. The second-order valence-electron chi connectivity index (χ2n) is 6.05. The number of pyridine rings is 1. The minimum atomic E-state index is -1.51. The Labute approximate surface area is 167 Å². The maximum Gasteiger partial charge on any atom is 0.273 e. The number of ether oxygens (including phenoxy) is 1. The van der Waals surface area contributed by atoms with Crippen LogP contribution in [0, 0.1) is 11.6 Å². The van der Waals surface area contributed by atoms with Gasteiger partial charge in [0.2, 0.25) is 0 Å². The van der Waals surface area contributed by atoms with Crippen molar-refractivity contribution < 1.29 is 17.7 Å². The van der Waals surface area contributed by atoms with Crippen molar-refractivity contribution in [2.45, 2.75) is 0 Å². The van der Waals surface area contributed by atoms with Crippen molar-refractivity contribution in [3.05, 3.63) is 82.6 Å². The smallest absolute Gasteiger partial charge is 0.273 e.